The highest BCUT2D eigenvalue weighted by Crippen LogP contribution is 2.18. The summed E-state index contributed by atoms with van der Waals surface area (Å²) in [5, 5.41) is 20.2. The highest BCUT2D eigenvalue weighted by Gasteiger charge is 1.99. The number of nitrogens with one attached hydrogen (secondary N) is 1. The fourth-order valence-corrected chi connectivity index (χ4v) is 1.26. The highest BCUT2D eigenvalue weighted by atomic mass is 16.5. The molecule has 0 aliphatic carbocycles. The van der Waals surface area contributed by atoms with Gasteiger partial charge in [-0.3, -0.25) is 0 Å². The summed E-state index contributed by atoms with van der Waals surface area (Å²) in [5.74, 6) is 1.38. The Morgan fingerprint density at radius 1 is 1.16 bits per heavy atom. The fraction of sp³-hybridized carbons (Fsp3) is 0.154. The molecule has 0 fully saturated rings. The van der Waals surface area contributed by atoms with Gasteiger partial charge in [-0.05, 0) is 18.2 Å². The molecule has 2 rings (SSSR count). The largest absolute Gasteiger partial charge is 0.508 e. The summed E-state index contributed by atoms with van der Waals surface area (Å²) in [7, 11) is 3.33. The molecule has 102 valence electrons. The highest BCUT2D eigenvalue weighted by molar-refractivity contribution is 5.61. The van der Waals surface area contributed by atoms with E-state index in [1.54, 1.807) is 32.4 Å². The molecule has 5 N–H and O–H groups in total. The maximum atomic E-state index is 8.65. The van der Waals surface area contributed by atoms with Crippen LogP contribution in [0.4, 0.5) is 11.5 Å². The molecule has 1 heterocycles. The third-order valence-corrected chi connectivity index (χ3v) is 2.18. The molecule has 0 bridgehead atoms. The van der Waals surface area contributed by atoms with Crippen LogP contribution in [0.2, 0.25) is 0 Å². The van der Waals surface area contributed by atoms with E-state index in [9.17, 15) is 0 Å². The molecule has 0 aliphatic rings. The summed E-state index contributed by atoms with van der Waals surface area (Å²) in [6.45, 7) is 0. The number of methoxy groups -OCH3 is 1. The van der Waals surface area contributed by atoms with Gasteiger partial charge in [0.2, 0.25) is 5.88 Å². The Morgan fingerprint density at radius 2 is 1.79 bits per heavy atom. The van der Waals surface area contributed by atoms with Crippen molar-refractivity contribution in [2.24, 2.45) is 0 Å². The molecule has 2 aromatic rings. The number of hydrogen-bond donors (Lipinski definition) is 4. The zero-order chi connectivity index (χ0) is 14.3. The van der Waals surface area contributed by atoms with Crippen molar-refractivity contribution in [3.63, 3.8) is 0 Å². The topological polar surface area (TPSA) is 101 Å². The van der Waals surface area contributed by atoms with Crippen molar-refractivity contribution >= 4 is 11.5 Å². The van der Waals surface area contributed by atoms with E-state index in [4.69, 9.17) is 20.7 Å². The lowest BCUT2D eigenvalue weighted by atomic mass is 10.3. The number of aromatic hydroxyl groups is 2. The van der Waals surface area contributed by atoms with Gasteiger partial charge in [0.05, 0.1) is 12.8 Å². The summed E-state index contributed by atoms with van der Waals surface area (Å²) in [6.07, 6.45) is 0. The molecule has 0 saturated heterocycles. The molecule has 6 nitrogen and oxygen atoms in total. The van der Waals surface area contributed by atoms with Crippen LogP contribution in [0.3, 0.4) is 0 Å². The molecule has 0 amide bonds. The number of nitrogens with zero attached hydrogens (tertiary/aromatic N) is 1. The molecular formula is C13H17N3O3. The van der Waals surface area contributed by atoms with Crippen LogP contribution in [-0.2, 0) is 0 Å². The molecule has 0 atom stereocenters. The Morgan fingerprint density at radius 3 is 2.21 bits per heavy atom. The summed E-state index contributed by atoms with van der Waals surface area (Å²) < 4.78 is 4.90. The molecule has 1 aromatic heterocycles. The molecule has 0 unspecified atom stereocenters. The van der Waals surface area contributed by atoms with E-state index < -0.39 is 0 Å². The summed E-state index contributed by atoms with van der Waals surface area (Å²) in [6, 6.07) is 9.32. The molecule has 19 heavy (non-hydrogen) atoms. The van der Waals surface area contributed by atoms with Crippen LogP contribution in [0.1, 0.15) is 0 Å². The monoisotopic (exact) mass is 263 g/mol. The van der Waals surface area contributed by atoms with Crippen molar-refractivity contribution < 1.29 is 14.9 Å². The number of nitrogen functional groups attached to an aromatic ring is 1. The average Bonchev–Trinajstić information content (AvgIpc) is 2.40. The normalized spacial score (nSPS) is 9.16. The summed E-state index contributed by atoms with van der Waals surface area (Å²) in [5.41, 5.74) is 6.19. The first kappa shape index (κ1) is 14.4. The zero-order valence-electron chi connectivity index (χ0n) is 10.8. The van der Waals surface area contributed by atoms with Crippen LogP contribution in [0.25, 0.3) is 0 Å². The second-order valence-corrected chi connectivity index (χ2v) is 3.56. The number of pyridine rings is 1. The minimum Gasteiger partial charge on any atom is -0.508 e. The van der Waals surface area contributed by atoms with Crippen LogP contribution < -0.4 is 15.8 Å². The average molecular weight is 263 g/mol. The molecule has 0 spiro atoms. The third kappa shape index (κ3) is 4.63. The predicted molar refractivity (Wildman–Crippen MR) is 74.5 cm³/mol. The predicted octanol–water partition coefficient (Wildman–Crippen LogP) is 1.81. The first-order valence-electron chi connectivity index (χ1n) is 5.53. The molecule has 0 aliphatic heterocycles. The molecule has 6 heteroatoms. The Kier molecular flexibility index (Phi) is 5.28. The summed E-state index contributed by atoms with van der Waals surface area (Å²) >= 11 is 0. The van der Waals surface area contributed by atoms with E-state index in [-0.39, 0.29) is 11.5 Å². The molecule has 0 saturated carbocycles. The van der Waals surface area contributed by atoms with Crippen LogP contribution in [0.5, 0.6) is 17.4 Å². The smallest absolute Gasteiger partial charge is 0.215 e. The van der Waals surface area contributed by atoms with Crippen molar-refractivity contribution in [2.75, 3.05) is 25.2 Å². The third-order valence-electron chi connectivity index (χ3n) is 2.18. The van der Waals surface area contributed by atoms with E-state index >= 15 is 0 Å². The number of nitrogens with two attached hydrogens (primary N) is 1. The van der Waals surface area contributed by atoms with Gasteiger partial charge in [-0.1, -0.05) is 6.07 Å². The number of phenolic OH excluding ortho intramolecular Hbond substituents is 2. The number of phenols is 2. The van der Waals surface area contributed by atoms with E-state index in [1.807, 2.05) is 0 Å². The van der Waals surface area contributed by atoms with E-state index in [1.165, 1.54) is 18.2 Å². The van der Waals surface area contributed by atoms with Crippen LogP contribution >= 0.6 is 0 Å². The zero-order valence-corrected chi connectivity index (χ0v) is 10.8. The van der Waals surface area contributed by atoms with Crippen molar-refractivity contribution in [1.29, 1.82) is 0 Å². The standard InChI is InChI=1S/C7H11N3O.C6H6O2/c1-9-7-5(8)3-4-6(10-7)11-2;7-5-2-1-3-6(8)4-5/h3-4H,8H2,1-2H3,(H,9,10);1-4,7-8H. The van der Waals surface area contributed by atoms with E-state index in [0.717, 1.165) is 0 Å². The van der Waals surface area contributed by atoms with Gasteiger partial charge in [0.1, 0.15) is 11.5 Å². The lowest BCUT2D eigenvalue weighted by molar-refractivity contribution is 0.398. The van der Waals surface area contributed by atoms with Gasteiger partial charge >= 0.3 is 0 Å². The first-order valence-corrected chi connectivity index (χ1v) is 5.53. The van der Waals surface area contributed by atoms with Crippen molar-refractivity contribution in [3.05, 3.63) is 36.4 Å². The second kappa shape index (κ2) is 6.95. The molecule has 0 radical (unpaired) electrons. The lowest BCUT2D eigenvalue weighted by Gasteiger charge is -2.04. The van der Waals surface area contributed by atoms with Gasteiger partial charge < -0.3 is 26.0 Å². The maximum Gasteiger partial charge on any atom is 0.215 e. The number of benzene rings is 1. The summed E-state index contributed by atoms with van der Waals surface area (Å²) in [4.78, 5) is 4.05. The first-order chi connectivity index (χ1) is 9.06. The molecular weight excluding hydrogens is 246 g/mol. The van der Waals surface area contributed by atoms with Crippen LogP contribution in [0.15, 0.2) is 36.4 Å². The van der Waals surface area contributed by atoms with Gasteiger partial charge in [0, 0.05) is 19.2 Å². The second-order valence-electron chi connectivity index (χ2n) is 3.56. The van der Waals surface area contributed by atoms with Crippen LogP contribution in [-0.4, -0.2) is 29.4 Å². The van der Waals surface area contributed by atoms with Gasteiger partial charge in [-0.25, -0.2) is 0 Å². The number of aromatic nitrogens is 1. The number of hydrogen-bond acceptors (Lipinski definition) is 6. The van der Waals surface area contributed by atoms with Crippen LogP contribution in [0, 0.1) is 0 Å². The van der Waals surface area contributed by atoms with Gasteiger partial charge in [-0.2, -0.15) is 4.98 Å². The lowest BCUT2D eigenvalue weighted by Crippen LogP contribution is -1.99. The minimum absolute atomic E-state index is 0.0880. The number of rotatable bonds is 2. The van der Waals surface area contributed by atoms with Gasteiger partial charge in [-0.15, -0.1) is 0 Å². The van der Waals surface area contributed by atoms with Crippen molar-refractivity contribution in [2.45, 2.75) is 0 Å². The van der Waals surface area contributed by atoms with E-state index in [2.05, 4.69) is 10.3 Å². The van der Waals surface area contributed by atoms with E-state index in [0.29, 0.717) is 17.4 Å². The number of anilines is 2. The Hall–Kier alpha value is -2.63. The Labute approximate surface area is 111 Å². The SMILES string of the molecule is CNc1nc(OC)ccc1N.Oc1cccc(O)c1. The quantitative estimate of drug-likeness (QED) is 0.659. The Balaban J connectivity index is 0.000000200. The maximum absolute atomic E-state index is 8.65. The van der Waals surface area contributed by atoms with Crippen molar-refractivity contribution in [3.8, 4) is 17.4 Å². The van der Waals surface area contributed by atoms with Gasteiger partial charge in [0.15, 0.2) is 5.82 Å². The minimum atomic E-state index is 0.0880. The fourth-order valence-electron chi connectivity index (χ4n) is 1.26. The number of ether oxygens (including phenoxy) is 1. The molecule has 1 aromatic carbocycles. The van der Waals surface area contributed by atoms with Gasteiger partial charge in [0.25, 0.3) is 0 Å². The van der Waals surface area contributed by atoms with Crippen molar-refractivity contribution in [1.82, 2.24) is 4.98 Å². The Bertz CT molecular complexity index is 515.